The Bertz CT molecular complexity index is 807. The van der Waals surface area contributed by atoms with Gasteiger partial charge in [-0.15, -0.1) is 0 Å². The summed E-state index contributed by atoms with van der Waals surface area (Å²) in [6, 6.07) is 10.1. The van der Waals surface area contributed by atoms with Gasteiger partial charge in [0.15, 0.2) is 9.84 Å². The summed E-state index contributed by atoms with van der Waals surface area (Å²) in [7, 11) is -2.29. The molecule has 0 aliphatic heterocycles. The lowest BCUT2D eigenvalue weighted by Crippen LogP contribution is -2.04. The van der Waals surface area contributed by atoms with Gasteiger partial charge in [-0.2, -0.15) is 13.2 Å². The molecule has 0 saturated carbocycles. The molecular formula is C16H13F3O3S. The Hall–Kier alpha value is -2.28. The van der Waals surface area contributed by atoms with Crippen molar-refractivity contribution in [2.75, 3.05) is 7.11 Å². The van der Waals surface area contributed by atoms with Crippen LogP contribution in [0.15, 0.2) is 58.8 Å². The molecule has 0 amide bonds. The standard InChI is InChI=1S/C16H13F3O3S/c1-22-14-3-2-4-15(11-14)23(20,21)10-9-12-5-7-13(8-6-12)16(17,18)19/h2-11H,1H3/b10-9+. The minimum absolute atomic E-state index is 0.0417. The van der Waals surface area contributed by atoms with Crippen molar-refractivity contribution in [1.82, 2.24) is 0 Å². The van der Waals surface area contributed by atoms with Crippen LogP contribution in [0.25, 0.3) is 6.08 Å². The molecule has 3 nitrogen and oxygen atoms in total. The zero-order chi connectivity index (χ0) is 17.1. The summed E-state index contributed by atoms with van der Waals surface area (Å²) in [5.41, 5.74) is -0.435. The lowest BCUT2D eigenvalue weighted by molar-refractivity contribution is -0.137. The predicted octanol–water partition coefficient (Wildman–Crippen LogP) is 4.16. The quantitative estimate of drug-likeness (QED) is 0.838. The van der Waals surface area contributed by atoms with E-state index in [9.17, 15) is 21.6 Å². The van der Waals surface area contributed by atoms with E-state index in [-0.39, 0.29) is 4.90 Å². The second-order valence-electron chi connectivity index (χ2n) is 4.65. The first-order chi connectivity index (χ1) is 10.7. The van der Waals surface area contributed by atoms with Crippen LogP contribution in [0.1, 0.15) is 11.1 Å². The average Bonchev–Trinajstić information content (AvgIpc) is 2.52. The van der Waals surface area contributed by atoms with Crippen LogP contribution in [-0.2, 0) is 16.0 Å². The van der Waals surface area contributed by atoms with Gasteiger partial charge in [0.1, 0.15) is 5.75 Å². The van der Waals surface area contributed by atoms with Gasteiger partial charge >= 0.3 is 6.18 Å². The number of benzene rings is 2. The smallest absolute Gasteiger partial charge is 0.416 e. The maximum absolute atomic E-state index is 12.5. The average molecular weight is 342 g/mol. The molecule has 0 saturated heterocycles. The van der Waals surface area contributed by atoms with E-state index in [4.69, 9.17) is 4.74 Å². The highest BCUT2D eigenvalue weighted by Gasteiger charge is 2.29. The molecule has 0 unspecified atom stereocenters. The summed E-state index contributed by atoms with van der Waals surface area (Å²) in [6.07, 6.45) is -3.18. The first-order valence-electron chi connectivity index (χ1n) is 6.47. The first kappa shape index (κ1) is 17.1. The third kappa shape index (κ3) is 4.35. The number of hydrogen-bond donors (Lipinski definition) is 0. The summed E-state index contributed by atoms with van der Waals surface area (Å²) >= 11 is 0. The van der Waals surface area contributed by atoms with Crippen LogP contribution in [0.5, 0.6) is 5.75 Å². The van der Waals surface area contributed by atoms with Crippen LogP contribution >= 0.6 is 0 Å². The molecule has 0 bridgehead atoms. The number of ether oxygens (including phenoxy) is 1. The minimum atomic E-state index is -4.42. The van der Waals surface area contributed by atoms with E-state index < -0.39 is 21.6 Å². The maximum Gasteiger partial charge on any atom is 0.416 e. The zero-order valence-electron chi connectivity index (χ0n) is 12.0. The largest absolute Gasteiger partial charge is 0.497 e. The monoisotopic (exact) mass is 342 g/mol. The molecule has 0 spiro atoms. The Labute approximate surface area is 131 Å². The number of halogens is 3. The maximum atomic E-state index is 12.5. The minimum Gasteiger partial charge on any atom is -0.497 e. The lowest BCUT2D eigenvalue weighted by atomic mass is 10.1. The van der Waals surface area contributed by atoms with E-state index >= 15 is 0 Å². The van der Waals surface area contributed by atoms with E-state index in [1.165, 1.54) is 43.5 Å². The van der Waals surface area contributed by atoms with Gasteiger partial charge in [0.2, 0.25) is 0 Å². The molecule has 0 aliphatic rings. The van der Waals surface area contributed by atoms with Crippen LogP contribution in [0.3, 0.4) is 0 Å². The predicted molar refractivity (Wildman–Crippen MR) is 80.7 cm³/mol. The Morgan fingerprint density at radius 1 is 1.04 bits per heavy atom. The molecule has 23 heavy (non-hydrogen) atoms. The van der Waals surface area contributed by atoms with Crippen LogP contribution in [0.2, 0.25) is 0 Å². The van der Waals surface area contributed by atoms with Crippen molar-refractivity contribution >= 4 is 15.9 Å². The molecule has 122 valence electrons. The van der Waals surface area contributed by atoms with Gasteiger partial charge in [-0.05, 0) is 42.0 Å². The van der Waals surface area contributed by atoms with Crippen molar-refractivity contribution in [1.29, 1.82) is 0 Å². The Balaban J connectivity index is 2.24. The van der Waals surface area contributed by atoms with E-state index in [1.807, 2.05) is 0 Å². The molecular weight excluding hydrogens is 329 g/mol. The van der Waals surface area contributed by atoms with Gasteiger partial charge < -0.3 is 4.74 Å². The number of alkyl halides is 3. The van der Waals surface area contributed by atoms with Gasteiger partial charge in [-0.3, -0.25) is 0 Å². The van der Waals surface area contributed by atoms with E-state index in [0.29, 0.717) is 11.3 Å². The van der Waals surface area contributed by atoms with Gasteiger partial charge in [-0.25, -0.2) is 8.42 Å². The van der Waals surface area contributed by atoms with E-state index in [2.05, 4.69) is 0 Å². The molecule has 0 atom stereocenters. The molecule has 2 aromatic rings. The Kier molecular flexibility index (Phi) is 4.79. The highest BCUT2D eigenvalue weighted by atomic mass is 32.2. The number of methoxy groups -OCH3 is 1. The lowest BCUT2D eigenvalue weighted by Gasteiger charge is -2.06. The molecule has 0 fully saturated rings. The highest BCUT2D eigenvalue weighted by Crippen LogP contribution is 2.29. The fraction of sp³-hybridized carbons (Fsp3) is 0.125. The fourth-order valence-corrected chi connectivity index (χ4v) is 2.85. The van der Waals surface area contributed by atoms with Gasteiger partial charge in [-0.1, -0.05) is 18.2 Å². The molecule has 0 radical (unpaired) electrons. The van der Waals surface area contributed by atoms with E-state index in [1.54, 1.807) is 6.07 Å². The molecule has 0 aromatic heterocycles. The van der Waals surface area contributed by atoms with Crippen molar-refractivity contribution < 1.29 is 26.3 Å². The molecule has 2 aromatic carbocycles. The van der Waals surface area contributed by atoms with Crippen molar-refractivity contribution in [2.45, 2.75) is 11.1 Å². The first-order valence-corrected chi connectivity index (χ1v) is 8.01. The molecule has 0 heterocycles. The Morgan fingerprint density at radius 3 is 2.26 bits per heavy atom. The van der Waals surface area contributed by atoms with Crippen molar-refractivity contribution in [3.63, 3.8) is 0 Å². The fourth-order valence-electron chi connectivity index (χ4n) is 1.81. The molecule has 7 heteroatoms. The SMILES string of the molecule is COc1cccc(S(=O)(=O)/C=C/c2ccc(C(F)(F)F)cc2)c1. The second kappa shape index (κ2) is 6.45. The second-order valence-corrected chi connectivity index (χ2v) is 6.48. The van der Waals surface area contributed by atoms with E-state index in [0.717, 1.165) is 17.5 Å². The highest BCUT2D eigenvalue weighted by molar-refractivity contribution is 7.94. The summed E-state index contributed by atoms with van der Waals surface area (Å²) in [5, 5.41) is 0.949. The Morgan fingerprint density at radius 2 is 1.70 bits per heavy atom. The van der Waals surface area contributed by atoms with Gasteiger partial charge in [0.05, 0.1) is 17.6 Å². The van der Waals surface area contributed by atoms with Gasteiger partial charge in [0, 0.05) is 5.41 Å². The third-order valence-electron chi connectivity index (χ3n) is 3.05. The third-order valence-corrected chi connectivity index (χ3v) is 4.45. The molecule has 0 aliphatic carbocycles. The van der Waals surface area contributed by atoms with Crippen LogP contribution in [-0.4, -0.2) is 15.5 Å². The van der Waals surface area contributed by atoms with Gasteiger partial charge in [0.25, 0.3) is 0 Å². The normalized spacial score (nSPS) is 12.5. The molecule has 0 N–H and O–H groups in total. The number of rotatable bonds is 4. The number of hydrogen-bond acceptors (Lipinski definition) is 3. The van der Waals surface area contributed by atoms with Crippen molar-refractivity contribution in [3.8, 4) is 5.75 Å². The molecule has 2 rings (SSSR count). The van der Waals surface area contributed by atoms with Crippen molar-refractivity contribution in [3.05, 3.63) is 65.1 Å². The van der Waals surface area contributed by atoms with Crippen LogP contribution in [0, 0.1) is 0 Å². The summed E-state index contributed by atoms with van der Waals surface area (Å²) < 4.78 is 66.7. The summed E-state index contributed by atoms with van der Waals surface area (Å²) in [6.45, 7) is 0. The summed E-state index contributed by atoms with van der Waals surface area (Å²) in [5.74, 6) is 0.397. The van der Waals surface area contributed by atoms with Crippen LogP contribution in [0.4, 0.5) is 13.2 Å². The van der Waals surface area contributed by atoms with Crippen molar-refractivity contribution in [2.24, 2.45) is 0 Å². The van der Waals surface area contributed by atoms with Crippen LogP contribution < -0.4 is 4.74 Å². The number of sulfone groups is 1. The topological polar surface area (TPSA) is 43.4 Å². The summed E-state index contributed by atoms with van der Waals surface area (Å²) in [4.78, 5) is 0.0417. The zero-order valence-corrected chi connectivity index (χ0v) is 12.9.